The molecular weight excluding hydrogens is 267 g/mol. The van der Waals surface area contributed by atoms with Gasteiger partial charge in [-0.15, -0.1) is 0 Å². The fourth-order valence-corrected chi connectivity index (χ4v) is 2.74. The van der Waals surface area contributed by atoms with Gasteiger partial charge in [0.2, 0.25) is 0 Å². The second kappa shape index (κ2) is 5.24. The molecule has 0 spiro atoms. The molecule has 1 saturated carbocycles. The third kappa shape index (κ3) is 3.23. The molecule has 1 aliphatic heterocycles. The lowest BCUT2D eigenvalue weighted by molar-refractivity contribution is -0.141. The van der Waals surface area contributed by atoms with E-state index in [4.69, 9.17) is 0 Å². The summed E-state index contributed by atoms with van der Waals surface area (Å²) in [5.41, 5.74) is -0.839. The Hall–Kier alpha value is -1.30. The summed E-state index contributed by atoms with van der Waals surface area (Å²) in [6.45, 7) is 2.86. The third-order valence-electron chi connectivity index (χ3n) is 3.99. The number of nitrogens with one attached hydrogen (secondary N) is 1. The number of alkyl halides is 3. The lowest BCUT2D eigenvalue weighted by Crippen LogP contribution is -2.25. The van der Waals surface area contributed by atoms with Crippen LogP contribution in [0.3, 0.4) is 0 Å². The molecule has 0 amide bonds. The van der Waals surface area contributed by atoms with Crippen LogP contribution >= 0.6 is 0 Å². The molecule has 0 aromatic carbocycles. The Bertz CT molecular complexity index is 471. The standard InChI is InChI=1S/C14H18F3N3/c15-14(16,17)12-2-1-3-13(19-12)18-8-10-6-7-20(9-10)11-4-5-11/h1-3,10-11H,4-9H2,(H,18,19). The summed E-state index contributed by atoms with van der Waals surface area (Å²) in [5.74, 6) is 0.816. The van der Waals surface area contributed by atoms with Gasteiger partial charge in [-0.25, -0.2) is 4.98 Å². The fraction of sp³-hybridized carbons (Fsp3) is 0.643. The van der Waals surface area contributed by atoms with Crippen LogP contribution in [0.15, 0.2) is 18.2 Å². The summed E-state index contributed by atoms with van der Waals surface area (Å²) in [6, 6.07) is 4.74. The van der Waals surface area contributed by atoms with E-state index in [1.54, 1.807) is 6.07 Å². The fourth-order valence-electron chi connectivity index (χ4n) is 2.74. The van der Waals surface area contributed by atoms with Gasteiger partial charge < -0.3 is 10.2 Å². The number of anilines is 1. The summed E-state index contributed by atoms with van der Waals surface area (Å²) in [4.78, 5) is 6.11. The van der Waals surface area contributed by atoms with Crippen molar-refractivity contribution in [3.8, 4) is 0 Å². The molecule has 0 radical (unpaired) electrons. The number of pyridine rings is 1. The number of hydrogen-bond acceptors (Lipinski definition) is 3. The lowest BCUT2D eigenvalue weighted by Gasteiger charge is -2.15. The second-order valence-electron chi connectivity index (χ2n) is 5.67. The average molecular weight is 285 g/mol. The smallest absolute Gasteiger partial charge is 0.370 e. The van der Waals surface area contributed by atoms with Crippen molar-refractivity contribution < 1.29 is 13.2 Å². The minimum absolute atomic E-state index is 0.310. The van der Waals surface area contributed by atoms with E-state index in [-0.39, 0.29) is 0 Å². The summed E-state index contributed by atoms with van der Waals surface area (Å²) < 4.78 is 37.7. The normalized spacial score (nSPS) is 24.1. The zero-order valence-electron chi connectivity index (χ0n) is 11.2. The maximum absolute atomic E-state index is 12.6. The Kier molecular flexibility index (Phi) is 3.58. The molecule has 1 saturated heterocycles. The van der Waals surface area contributed by atoms with E-state index >= 15 is 0 Å². The maximum Gasteiger partial charge on any atom is 0.433 e. The van der Waals surface area contributed by atoms with Crippen molar-refractivity contribution in [1.82, 2.24) is 9.88 Å². The van der Waals surface area contributed by atoms with Gasteiger partial charge in [0.25, 0.3) is 0 Å². The molecule has 1 aromatic rings. The predicted octanol–water partition coefficient (Wildman–Crippen LogP) is 3.00. The highest BCUT2D eigenvalue weighted by atomic mass is 19.4. The molecule has 1 atom stereocenters. The van der Waals surface area contributed by atoms with Crippen molar-refractivity contribution in [2.24, 2.45) is 5.92 Å². The topological polar surface area (TPSA) is 28.2 Å². The molecule has 2 fully saturated rings. The third-order valence-corrected chi connectivity index (χ3v) is 3.99. The van der Waals surface area contributed by atoms with Crippen molar-refractivity contribution >= 4 is 5.82 Å². The monoisotopic (exact) mass is 285 g/mol. The van der Waals surface area contributed by atoms with Crippen LogP contribution in [0.25, 0.3) is 0 Å². The van der Waals surface area contributed by atoms with Gasteiger partial charge in [0.15, 0.2) is 0 Å². The van der Waals surface area contributed by atoms with E-state index < -0.39 is 11.9 Å². The van der Waals surface area contributed by atoms with Crippen molar-refractivity contribution in [2.75, 3.05) is 25.0 Å². The molecule has 1 aliphatic carbocycles. The van der Waals surface area contributed by atoms with Crippen molar-refractivity contribution in [3.63, 3.8) is 0 Å². The first-order valence-corrected chi connectivity index (χ1v) is 7.04. The Morgan fingerprint density at radius 1 is 1.25 bits per heavy atom. The van der Waals surface area contributed by atoms with Crippen LogP contribution in [-0.4, -0.2) is 35.6 Å². The van der Waals surface area contributed by atoms with Crippen molar-refractivity contribution in [3.05, 3.63) is 23.9 Å². The average Bonchev–Trinajstić information content (AvgIpc) is 3.15. The van der Waals surface area contributed by atoms with Crippen LogP contribution in [-0.2, 0) is 6.18 Å². The zero-order valence-corrected chi connectivity index (χ0v) is 11.2. The maximum atomic E-state index is 12.6. The van der Waals surface area contributed by atoms with E-state index in [0.29, 0.717) is 18.3 Å². The van der Waals surface area contributed by atoms with Crippen molar-refractivity contribution in [1.29, 1.82) is 0 Å². The highest BCUT2D eigenvalue weighted by Crippen LogP contribution is 2.32. The molecule has 110 valence electrons. The van der Waals surface area contributed by atoms with E-state index in [1.165, 1.54) is 18.9 Å². The summed E-state index contributed by atoms with van der Waals surface area (Å²) in [6.07, 6.45) is -0.666. The molecule has 1 aromatic heterocycles. The number of halogens is 3. The van der Waals surface area contributed by atoms with E-state index in [2.05, 4.69) is 15.2 Å². The van der Waals surface area contributed by atoms with Gasteiger partial charge in [0.05, 0.1) is 0 Å². The van der Waals surface area contributed by atoms with Crippen LogP contribution in [0.1, 0.15) is 25.0 Å². The largest absolute Gasteiger partial charge is 0.433 e. The Labute approximate surface area is 116 Å². The van der Waals surface area contributed by atoms with Crippen LogP contribution in [0.5, 0.6) is 0 Å². The molecule has 1 unspecified atom stereocenters. The van der Waals surface area contributed by atoms with Gasteiger partial charge in [0.1, 0.15) is 11.5 Å². The molecule has 3 rings (SSSR count). The van der Waals surface area contributed by atoms with Crippen LogP contribution in [0.2, 0.25) is 0 Å². The van der Waals surface area contributed by atoms with Crippen molar-refractivity contribution in [2.45, 2.75) is 31.5 Å². The zero-order chi connectivity index (χ0) is 14.2. The quantitative estimate of drug-likeness (QED) is 0.921. The van der Waals surface area contributed by atoms with Gasteiger partial charge >= 0.3 is 6.18 Å². The van der Waals surface area contributed by atoms with Gasteiger partial charge in [0, 0.05) is 19.1 Å². The lowest BCUT2D eigenvalue weighted by atomic mass is 10.1. The molecular formula is C14H18F3N3. The first kappa shape index (κ1) is 13.7. The van der Waals surface area contributed by atoms with Crippen LogP contribution in [0, 0.1) is 5.92 Å². The number of likely N-dealkylation sites (tertiary alicyclic amines) is 1. The van der Waals surface area contributed by atoms with Gasteiger partial charge in [-0.3, -0.25) is 0 Å². The first-order chi connectivity index (χ1) is 9.52. The molecule has 3 nitrogen and oxygen atoms in total. The molecule has 20 heavy (non-hydrogen) atoms. The SMILES string of the molecule is FC(F)(F)c1cccc(NCC2CCN(C3CC3)C2)n1. The van der Waals surface area contributed by atoms with Gasteiger partial charge in [-0.2, -0.15) is 13.2 Å². The molecule has 6 heteroatoms. The summed E-state index contributed by atoms with van der Waals surface area (Å²) in [5, 5.41) is 3.04. The van der Waals surface area contributed by atoms with E-state index in [0.717, 1.165) is 31.6 Å². The minimum Gasteiger partial charge on any atom is -0.370 e. The Morgan fingerprint density at radius 3 is 2.75 bits per heavy atom. The highest BCUT2D eigenvalue weighted by Gasteiger charge is 2.34. The second-order valence-corrected chi connectivity index (χ2v) is 5.67. The van der Waals surface area contributed by atoms with E-state index in [9.17, 15) is 13.2 Å². The van der Waals surface area contributed by atoms with Gasteiger partial charge in [-0.05, 0) is 43.9 Å². The number of nitrogens with zero attached hydrogens (tertiary/aromatic N) is 2. The molecule has 2 heterocycles. The van der Waals surface area contributed by atoms with Gasteiger partial charge in [-0.1, -0.05) is 6.07 Å². The highest BCUT2D eigenvalue weighted by molar-refractivity contribution is 5.36. The summed E-state index contributed by atoms with van der Waals surface area (Å²) in [7, 11) is 0. The van der Waals surface area contributed by atoms with Crippen LogP contribution < -0.4 is 5.32 Å². The molecule has 2 aliphatic rings. The minimum atomic E-state index is -4.38. The summed E-state index contributed by atoms with van der Waals surface area (Å²) >= 11 is 0. The predicted molar refractivity (Wildman–Crippen MR) is 70.4 cm³/mol. The number of hydrogen-bond donors (Lipinski definition) is 1. The number of rotatable bonds is 4. The van der Waals surface area contributed by atoms with Crippen LogP contribution in [0.4, 0.5) is 19.0 Å². The Balaban J connectivity index is 1.53. The molecule has 1 N–H and O–H groups in total. The Morgan fingerprint density at radius 2 is 2.05 bits per heavy atom. The molecule has 0 bridgehead atoms. The number of aromatic nitrogens is 1. The van der Waals surface area contributed by atoms with E-state index in [1.807, 2.05) is 0 Å². The first-order valence-electron chi connectivity index (χ1n) is 7.04.